The van der Waals surface area contributed by atoms with Gasteiger partial charge in [-0.3, -0.25) is 4.79 Å². The third kappa shape index (κ3) is 3.94. The summed E-state index contributed by atoms with van der Waals surface area (Å²) in [5.41, 5.74) is 1.19. The van der Waals surface area contributed by atoms with E-state index in [9.17, 15) is 4.79 Å². The number of ether oxygens (including phenoxy) is 1. The molecule has 5 nitrogen and oxygen atoms in total. The Hall–Kier alpha value is -1.91. The van der Waals surface area contributed by atoms with E-state index in [0.29, 0.717) is 0 Å². The van der Waals surface area contributed by atoms with Gasteiger partial charge in [0.15, 0.2) is 0 Å². The number of hydrogen-bond acceptors (Lipinski definition) is 5. The van der Waals surface area contributed by atoms with Crippen LogP contribution in [0.15, 0.2) is 29.3 Å². The maximum atomic E-state index is 12.4. The quantitative estimate of drug-likeness (QED) is 0.658. The summed E-state index contributed by atoms with van der Waals surface area (Å²) in [6, 6.07) is 8.61. The van der Waals surface area contributed by atoms with Crippen molar-refractivity contribution in [1.29, 1.82) is 0 Å². The molecule has 0 radical (unpaired) electrons. The normalized spacial score (nSPS) is 23.8. The summed E-state index contributed by atoms with van der Waals surface area (Å²) >= 11 is 4.61. The van der Waals surface area contributed by atoms with Crippen LogP contribution in [0, 0.1) is 5.92 Å². The van der Waals surface area contributed by atoms with Crippen molar-refractivity contribution in [2.75, 3.05) is 25.1 Å². The molecule has 1 saturated heterocycles. The van der Waals surface area contributed by atoms with Gasteiger partial charge in [-0.1, -0.05) is 0 Å². The maximum absolute atomic E-state index is 12.4. The van der Waals surface area contributed by atoms with Gasteiger partial charge in [0.05, 0.1) is 18.3 Å². The van der Waals surface area contributed by atoms with E-state index in [1.165, 1.54) is 5.69 Å². The number of hydrogen-bond donors (Lipinski definition) is 1. The van der Waals surface area contributed by atoms with Crippen LogP contribution < -0.4 is 15.0 Å². The van der Waals surface area contributed by atoms with Gasteiger partial charge < -0.3 is 15.0 Å². The zero-order chi connectivity index (χ0) is 16.9. The minimum atomic E-state index is 0.118. The van der Waals surface area contributed by atoms with E-state index < -0.39 is 0 Å². The van der Waals surface area contributed by atoms with Crippen molar-refractivity contribution in [2.24, 2.45) is 10.9 Å². The fourth-order valence-electron chi connectivity index (χ4n) is 3.40. The highest BCUT2D eigenvalue weighted by atomic mass is 32.1. The summed E-state index contributed by atoms with van der Waals surface area (Å²) < 4.78 is 5.19. The van der Waals surface area contributed by atoms with E-state index in [-0.39, 0.29) is 23.9 Å². The molecule has 1 N–H and O–H groups in total. The van der Waals surface area contributed by atoms with Crippen molar-refractivity contribution in [3.05, 3.63) is 24.3 Å². The number of nitrogens with zero attached hydrogens (tertiary/aromatic N) is 2. The SMILES string of the molecule is COc1ccc(N2CCC(C(=O)N[C@H]3C[C@@H](N=C=S)C3)CC2)cc1. The predicted octanol–water partition coefficient (Wildman–Crippen LogP) is 2.66. The minimum Gasteiger partial charge on any atom is -0.497 e. The summed E-state index contributed by atoms with van der Waals surface area (Å²) in [5.74, 6) is 1.18. The highest BCUT2D eigenvalue weighted by Gasteiger charge is 2.32. The first-order valence-corrected chi connectivity index (χ1v) is 8.86. The standard InChI is InChI=1S/C18H23N3O2S/c1-23-17-4-2-16(3-5-17)21-8-6-13(7-9-21)18(22)20-15-10-14(11-15)19-12-24/h2-5,13-15H,6-11H2,1H3,(H,20,22)/t14-,15+. The van der Waals surface area contributed by atoms with Crippen molar-refractivity contribution in [3.8, 4) is 5.75 Å². The van der Waals surface area contributed by atoms with E-state index in [1.807, 2.05) is 12.1 Å². The maximum Gasteiger partial charge on any atom is 0.223 e. The van der Waals surface area contributed by atoms with E-state index in [4.69, 9.17) is 4.74 Å². The Morgan fingerprint density at radius 2 is 1.96 bits per heavy atom. The molecule has 0 aromatic heterocycles. The first-order valence-electron chi connectivity index (χ1n) is 8.46. The number of carbonyl (C=O) groups is 1. The lowest BCUT2D eigenvalue weighted by Crippen LogP contribution is -2.49. The molecule has 1 aromatic carbocycles. The second kappa shape index (κ2) is 7.77. The number of carbonyl (C=O) groups excluding carboxylic acids is 1. The summed E-state index contributed by atoms with van der Waals surface area (Å²) in [4.78, 5) is 18.8. The van der Waals surface area contributed by atoms with Crippen LogP contribution in [0.2, 0.25) is 0 Å². The number of benzene rings is 1. The fourth-order valence-corrected chi connectivity index (χ4v) is 3.55. The van der Waals surface area contributed by atoms with Crippen LogP contribution in [0.25, 0.3) is 0 Å². The van der Waals surface area contributed by atoms with Gasteiger partial charge in [0, 0.05) is 30.7 Å². The molecule has 128 valence electrons. The Morgan fingerprint density at radius 3 is 2.54 bits per heavy atom. The van der Waals surface area contributed by atoms with Gasteiger partial charge in [-0.15, -0.1) is 0 Å². The number of nitrogens with one attached hydrogen (secondary N) is 1. The molecule has 1 aliphatic heterocycles. The Bertz CT molecular complexity index is 614. The molecule has 0 bridgehead atoms. The number of aliphatic imine (C=N–C) groups is 1. The Labute approximate surface area is 148 Å². The topological polar surface area (TPSA) is 53.9 Å². The van der Waals surface area contributed by atoms with Crippen LogP contribution in [0.4, 0.5) is 5.69 Å². The molecule has 0 spiro atoms. The molecule has 1 aliphatic carbocycles. The molecule has 2 aliphatic rings. The summed E-state index contributed by atoms with van der Waals surface area (Å²) in [7, 11) is 1.67. The number of amides is 1. The van der Waals surface area contributed by atoms with Crippen molar-refractivity contribution < 1.29 is 9.53 Å². The van der Waals surface area contributed by atoms with Crippen molar-refractivity contribution >= 4 is 29.0 Å². The zero-order valence-electron chi connectivity index (χ0n) is 13.9. The van der Waals surface area contributed by atoms with Crippen LogP contribution in [0.1, 0.15) is 25.7 Å². The smallest absolute Gasteiger partial charge is 0.223 e. The van der Waals surface area contributed by atoms with Crippen molar-refractivity contribution in [3.63, 3.8) is 0 Å². The Balaban J connectivity index is 1.44. The molecule has 1 saturated carbocycles. The average molecular weight is 345 g/mol. The number of methoxy groups -OCH3 is 1. The molecule has 1 amide bonds. The Morgan fingerprint density at radius 1 is 1.29 bits per heavy atom. The molecular formula is C18H23N3O2S. The summed E-state index contributed by atoms with van der Waals surface area (Å²) in [6.45, 7) is 1.82. The second-order valence-electron chi connectivity index (χ2n) is 6.51. The van der Waals surface area contributed by atoms with Gasteiger partial charge in [-0.2, -0.15) is 0 Å². The molecule has 2 fully saturated rings. The van der Waals surface area contributed by atoms with Gasteiger partial charge in [0.2, 0.25) is 5.91 Å². The summed E-state index contributed by atoms with van der Waals surface area (Å²) in [6.07, 6.45) is 3.57. The second-order valence-corrected chi connectivity index (χ2v) is 6.69. The van der Waals surface area contributed by atoms with Crippen LogP contribution in [0.3, 0.4) is 0 Å². The highest BCUT2D eigenvalue weighted by Crippen LogP contribution is 2.27. The van der Waals surface area contributed by atoms with E-state index in [2.05, 4.69) is 44.7 Å². The van der Waals surface area contributed by atoms with Crippen molar-refractivity contribution in [2.45, 2.75) is 37.8 Å². The molecule has 3 rings (SSSR count). The van der Waals surface area contributed by atoms with Gasteiger partial charge >= 0.3 is 0 Å². The van der Waals surface area contributed by atoms with Crippen LogP contribution in [-0.2, 0) is 4.79 Å². The molecular weight excluding hydrogens is 322 g/mol. The van der Waals surface area contributed by atoms with E-state index in [1.54, 1.807) is 7.11 Å². The largest absolute Gasteiger partial charge is 0.497 e. The third-order valence-corrected chi connectivity index (χ3v) is 5.10. The van der Waals surface area contributed by atoms with Gasteiger partial charge in [0.1, 0.15) is 5.75 Å². The minimum absolute atomic E-state index is 0.118. The van der Waals surface area contributed by atoms with Crippen LogP contribution in [0.5, 0.6) is 5.75 Å². The predicted molar refractivity (Wildman–Crippen MR) is 97.9 cm³/mol. The lowest BCUT2D eigenvalue weighted by Gasteiger charge is -2.36. The van der Waals surface area contributed by atoms with Gasteiger partial charge in [-0.05, 0) is 62.2 Å². The molecule has 1 heterocycles. The average Bonchev–Trinajstić information content (AvgIpc) is 2.60. The number of thiocarbonyl (C=S) groups is 1. The number of rotatable bonds is 5. The first-order chi connectivity index (χ1) is 11.7. The first kappa shape index (κ1) is 16.9. The Kier molecular flexibility index (Phi) is 5.48. The zero-order valence-corrected chi connectivity index (χ0v) is 14.7. The lowest BCUT2D eigenvalue weighted by molar-refractivity contribution is -0.126. The molecule has 6 heteroatoms. The van der Waals surface area contributed by atoms with Crippen molar-refractivity contribution in [1.82, 2.24) is 5.32 Å². The summed E-state index contributed by atoms with van der Waals surface area (Å²) in [5, 5.41) is 5.57. The number of anilines is 1. The highest BCUT2D eigenvalue weighted by molar-refractivity contribution is 7.78. The van der Waals surface area contributed by atoms with E-state index >= 15 is 0 Å². The molecule has 1 aromatic rings. The molecule has 0 atom stereocenters. The fraction of sp³-hybridized carbons (Fsp3) is 0.556. The number of isothiocyanates is 1. The van der Waals surface area contributed by atoms with Crippen LogP contribution >= 0.6 is 12.2 Å². The molecule has 0 unspecified atom stereocenters. The third-order valence-electron chi connectivity index (χ3n) is 5.00. The lowest BCUT2D eigenvalue weighted by atomic mass is 9.86. The monoisotopic (exact) mass is 345 g/mol. The van der Waals surface area contributed by atoms with Crippen LogP contribution in [-0.4, -0.2) is 43.4 Å². The van der Waals surface area contributed by atoms with Gasteiger partial charge in [0.25, 0.3) is 0 Å². The number of piperidine rings is 1. The van der Waals surface area contributed by atoms with E-state index in [0.717, 1.165) is 44.5 Å². The molecule has 24 heavy (non-hydrogen) atoms. The van der Waals surface area contributed by atoms with Gasteiger partial charge in [-0.25, -0.2) is 4.99 Å².